The van der Waals surface area contributed by atoms with Crippen LogP contribution in [0.15, 0.2) is 54.6 Å². The quantitative estimate of drug-likeness (QED) is 0.350. The van der Waals surface area contributed by atoms with E-state index in [1.807, 2.05) is 30.3 Å². The van der Waals surface area contributed by atoms with E-state index in [0.717, 1.165) is 31.2 Å². The fourth-order valence-corrected chi connectivity index (χ4v) is 4.79. The Kier molecular flexibility index (Phi) is 11.6. The Balaban J connectivity index is 1.26. The molecule has 0 radical (unpaired) electrons. The number of alkyl carbamates (subject to hydrolysis) is 1. The Morgan fingerprint density at radius 2 is 1.60 bits per heavy atom. The third-order valence-electron chi connectivity index (χ3n) is 6.92. The zero-order valence-corrected chi connectivity index (χ0v) is 20.8. The smallest absolute Gasteiger partial charge is 0.407 e. The van der Waals surface area contributed by atoms with Crippen LogP contribution in [0.1, 0.15) is 74.0 Å². The van der Waals surface area contributed by atoms with Gasteiger partial charge in [-0.25, -0.2) is 4.79 Å². The predicted octanol–water partition coefficient (Wildman–Crippen LogP) is 5.06. The average molecular weight is 480 g/mol. The Bertz CT molecular complexity index is 878. The molecule has 1 saturated carbocycles. The number of amides is 2. The summed E-state index contributed by atoms with van der Waals surface area (Å²) < 4.78 is 5.24. The number of carbonyl (C=O) groups is 2. The highest BCUT2D eigenvalue weighted by atomic mass is 16.5. The van der Waals surface area contributed by atoms with Gasteiger partial charge in [-0.15, -0.1) is 0 Å². The summed E-state index contributed by atoms with van der Waals surface area (Å²) in [6.07, 6.45) is 9.05. The van der Waals surface area contributed by atoms with Gasteiger partial charge in [0.1, 0.15) is 6.61 Å². The largest absolute Gasteiger partial charge is 0.445 e. The van der Waals surface area contributed by atoms with E-state index in [4.69, 9.17) is 10.5 Å². The minimum Gasteiger partial charge on any atom is -0.445 e. The van der Waals surface area contributed by atoms with Crippen molar-refractivity contribution in [3.8, 4) is 0 Å². The molecule has 0 heterocycles. The Morgan fingerprint density at radius 3 is 2.31 bits per heavy atom. The van der Waals surface area contributed by atoms with Gasteiger partial charge in [0.05, 0.1) is 0 Å². The van der Waals surface area contributed by atoms with Gasteiger partial charge in [0, 0.05) is 26.1 Å². The molecule has 2 aromatic rings. The molecular weight excluding hydrogens is 438 g/mol. The van der Waals surface area contributed by atoms with Gasteiger partial charge >= 0.3 is 6.09 Å². The van der Waals surface area contributed by atoms with Crippen LogP contribution in [0.5, 0.6) is 0 Å². The molecule has 2 amide bonds. The van der Waals surface area contributed by atoms with Crippen molar-refractivity contribution in [3.05, 3.63) is 71.3 Å². The van der Waals surface area contributed by atoms with Crippen LogP contribution in [0.3, 0.4) is 0 Å². The van der Waals surface area contributed by atoms with Crippen molar-refractivity contribution in [2.75, 3.05) is 19.6 Å². The topological polar surface area (TPSA) is 93.5 Å². The van der Waals surface area contributed by atoms with Gasteiger partial charge in [-0.05, 0) is 79.9 Å². The summed E-state index contributed by atoms with van der Waals surface area (Å²) in [5, 5.41) is 5.69. The van der Waals surface area contributed by atoms with E-state index >= 15 is 0 Å². The SMILES string of the molecule is NCCNC(=O)CCC1CCC(c2ccc(CCCCNC(=O)OCc3ccccc3)cc2)CC1. The van der Waals surface area contributed by atoms with E-state index in [1.54, 1.807) is 0 Å². The first-order valence-electron chi connectivity index (χ1n) is 13.1. The van der Waals surface area contributed by atoms with Crippen molar-refractivity contribution in [1.29, 1.82) is 0 Å². The van der Waals surface area contributed by atoms with E-state index in [2.05, 4.69) is 34.9 Å². The third kappa shape index (κ3) is 10.1. The second-order valence-corrected chi connectivity index (χ2v) is 9.58. The minimum atomic E-state index is -0.359. The molecule has 0 aliphatic heterocycles. The van der Waals surface area contributed by atoms with Crippen LogP contribution < -0.4 is 16.4 Å². The van der Waals surface area contributed by atoms with E-state index in [1.165, 1.54) is 36.8 Å². The van der Waals surface area contributed by atoms with Crippen LogP contribution in [-0.2, 0) is 22.6 Å². The van der Waals surface area contributed by atoms with Gasteiger partial charge in [0.2, 0.25) is 5.91 Å². The van der Waals surface area contributed by atoms with Crippen LogP contribution in [-0.4, -0.2) is 31.6 Å². The monoisotopic (exact) mass is 479 g/mol. The van der Waals surface area contributed by atoms with E-state index in [9.17, 15) is 9.59 Å². The summed E-state index contributed by atoms with van der Waals surface area (Å²) >= 11 is 0. The lowest BCUT2D eigenvalue weighted by molar-refractivity contribution is -0.121. The highest BCUT2D eigenvalue weighted by molar-refractivity contribution is 5.75. The first-order valence-corrected chi connectivity index (χ1v) is 13.1. The number of aryl methyl sites for hydroxylation is 1. The standard InChI is InChI=1S/C29H41N3O3/c30-19-21-31-28(33)18-13-24-11-16-27(17-12-24)26-14-9-23(10-15-26)6-4-5-20-32-29(34)35-22-25-7-2-1-3-8-25/h1-3,7-10,14-15,24,27H,4-6,11-13,16-22,30H2,(H,31,33)(H,32,34). The Morgan fingerprint density at radius 1 is 0.857 bits per heavy atom. The molecule has 0 unspecified atom stereocenters. The van der Waals surface area contributed by atoms with E-state index < -0.39 is 0 Å². The number of nitrogens with one attached hydrogen (secondary N) is 2. The Labute approximate surface area is 210 Å². The zero-order valence-electron chi connectivity index (χ0n) is 20.8. The predicted molar refractivity (Wildman–Crippen MR) is 140 cm³/mol. The molecule has 0 bridgehead atoms. The summed E-state index contributed by atoms with van der Waals surface area (Å²) in [5.74, 6) is 1.43. The fraction of sp³-hybridized carbons (Fsp3) is 0.517. The maximum absolute atomic E-state index is 11.8. The fourth-order valence-electron chi connectivity index (χ4n) is 4.79. The van der Waals surface area contributed by atoms with Crippen molar-refractivity contribution in [2.45, 2.75) is 70.3 Å². The lowest BCUT2D eigenvalue weighted by Gasteiger charge is -2.28. The number of hydrogen-bond donors (Lipinski definition) is 3. The van der Waals surface area contributed by atoms with Crippen LogP contribution >= 0.6 is 0 Å². The second kappa shape index (κ2) is 15.2. The van der Waals surface area contributed by atoms with Crippen LogP contribution in [0.2, 0.25) is 0 Å². The number of ether oxygens (including phenoxy) is 1. The molecule has 0 atom stereocenters. The van der Waals surface area contributed by atoms with E-state index in [-0.39, 0.29) is 12.0 Å². The van der Waals surface area contributed by atoms with Crippen LogP contribution in [0.4, 0.5) is 4.79 Å². The van der Waals surface area contributed by atoms with Crippen LogP contribution in [0, 0.1) is 5.92 Å². The number of benzene rings is 2. The summed E-state index contributed by atoms with van der Waals surface area (Å²) in [6.45, 7) is 2.00. The molecule has 1 fully saturated rings. The molecule has 1 aliphatic carbocycles. The first kappa shape index (κ1) is 26.7. The summed E-state index contributed by atoms with van der Waals surface area (Å²) in [7, 11) is 0. The van der Waals surface area contributed by atoms with Crippen molar-refractivity contribution in [2.24, 2.45) is 11.7 Å². The Hall–Kier alpha value is -2.86. The van der Waals surface area contributed by atoms with Crippen molar-refractivity contribution >= 4 is 12.0 Å². The lowest BCUT2D eigenvalue weighted by atomic mass is 9.77. The third-order valence-corrected chi connectivity index (χ3v) is 6.92. The maximum atomic E-state index is 11.8. The van der Waals surface area contributed by atoms with Gasteiger partial charge in [-0.3, -0.25) is 4.79 Å². The number of rotatable bonds is 13. The van der Waals surface area contributed by atoms with Gasteiger partial charge in [0.15, 0.2) is 0 Å². The number of unbranched alkanes of at least 4 members (excludes halogenated alkanes) is 1. The molecule has 1 aliphatic rings. The molecule has 190 valence electrons. The molecular formula is C29H41N3O3. The van der Waals surface area contributed by atoms with Crippen molar-refractivity contribution < 1.29 is 14.3 Å². The lowest BCUT2D eigenvalue weighted by Crippen LogP contribution is -2.29. The molecule has 3 rings (SSSR count). The highest BCUT2D eigenvalue weighted by Gasteiger charge is 2.22. The normalized spacial score (nSPS) is 17.5. The molecule has 0 aromatic heterocycles. The average Bonchev–Trinajstić information content (AvgIpc) is 2.90. The molecule has 6 heteroatoms. The van der Waals surface area contributed by atoms with Gasteiger partial charge in [0.25, 0.3) is 0 Å². The highest BCUT2D eigenvalue weighted by Crippen LogP contribution is 2.37. The number of nitrogens with two attached hydrogens (primary N) is 1. The van der Waals surface area contributed by atoms with E-state index in [0.29, 0.717) is 44.5 Å². The molecule has 2 aromatic carbocycles. The zero-order chi connectivity index (χ0) is 24.7. The molecule has 0 spiro atoms. The van der Waals surface area contributed by atoms with Crippen LogP contribution in [0.25, 0.3) is 0 Å². The summed E-state index contributed by atoms with van der Waals surface area (Å²) in [4.78, 5) is 23.6. The van der Waals surface area contributed by atoms with Gasteiger partial charge in [-0.2, -0.15) is 0 Å². The summed E-state index contributed by atoms with van der Waals surface area (Å²) in [6, 6.07) is 18.8. The van der Waals surface area contributed by atoms with Gasteiger partial charge in [-0.1, -0.05) is 54.6 Å². The second-order valence-electron chi connectivity index (χ2n) is 9.58. The van der Waals surface area contributed by atoms with Crippen molar-refractivity contribution in [1.82, 2.24) is 10.6 Å². The number of carbonyl (C=O) groups excluding carboxylic acids is 2. The molecule has 0 saturated heterocycles. The maximum Gasteiger partial charge on any atom is 0.407 e. The van der Waals surface area contributed by atoms with Gasteiger partial charge < -0.3 is 21.1 Å². The van der Waals surface area contributed by atoms with Crippen molar-refractivity contribution in [3.63, 3.8) is 0 Å². The summed E-state index contributed by atoms with van der Waals surface area (Å²) in [5.41, 5.74) is 9.21. The minimum absolute atomic E-state index is 0.131. The molecule has 6 nitrogen and oxygen atoms in total. The molecule has 35 heavy (non-hydrogen) atoms. The number of hydrogen-bond acceptors (Lipinski definition) is 4. The first-order chi connectivity index (χ1) is 17.1. The molecule has 4 N–H and O–H groups in total.